The minimum Gasteiger partial charge on any atom is -0.426 e. The molecule has 1 atom stereocenters. The Balaban J connectivity index is 3.50. The third-order valence-electron chi connectivity index (χ3n) is 0.878. The second-order valence-corrected chi connectivity index (χ2v) is 1.90. The van der Waals surface area contributed by atoms with E-state index in [1.807, 2.05) is 0 Å². The molecule has 0 unspecified atom stereocenters. The third kappa shape index (κ3) is 3.99. The Labute approximate surface area is 54.0 Å². The Morgan fingerprint density at radius 2 is 2.11 bits per heavy atom. The van der Waals surface area contributed by atoms with E-state index in [0.717, 1.165) is 0 Å². The van der Waals surface area contributed by atoms with Crippen LogP contribution in [0.2, 0.25) is 0 Å². The molecule has 0 aromatic heterocycles. The minimum absolute atomic E-state index is 0.268. The van der Waals surface area contributed by atoms with Crippen molar-refractivity contribution in [2.45, 2.75) is 19.8 Å². The van der Waals surface area contributed by atoms with Gasteiger partial charge in [-0.05, 0) is 6.92 Å². The molecule has 5 heteroatoms. The maximum absolute atomic E-state index is 10.2. The van der Waals surface area contributed by atoms with E-state index >= 15 is 0 Å². The molecule has 0 bridgehead atoms. The summed E-state index contributed by atoms with van der Waals surface area (Å²) in [6.07, 6.45) is 0. The fourth-order valence-corrected chi connectivity index (χ4v) is 0.395. The molecule has 9 heavy (non-hydrogen) atoms. The molecule has 0 radical (unpaired) electrons. The van der Waals surface area contributed by atoms with E-state index in [-0.39, 0.29) is 5.91 Å². The summed E-state index contributed by atoms with van der Waals surface area (Å²) in [7, 11) is -1.48. The van der Waals surface area contributed by atoms with Crippen molar-refractivity contribution in [3.05, 3.63) is 0 Å². The van der Waals surface area contributed by atoms with Crippen molar-refractivity contribution in [3.8, 4) is 0 Å². The van der Waals surface area contributed by atoms with Crippen LogP contribution >= 0.6 is 0 Å². The van der Waals surface area contributed by atoms with Crippen LogP contribution in [0.4, 0.5) is 0 Å². The van der Waals surface area contributed by atoms with Crippen molar-refractivity contribution >= 4 is 13.0 Å². The van der Waals surface area contributed by atoms with Gasteiger partial charge in [0.15, 0.2) is 0 Å². The normalized spacial score (nSPS) is 12.4. The first-order chi connectivity index (χ1) is 4.04. The number of hydrogen-bond acceptors (Lipinski definition) is 3. The van der Waals surface area contributed by atoms with Crippen molar-refractivity contribution in [1.82, 2.24) is 5.32 Å². The van der Waals surface area contributed by atoms with Gasteiger partial charge in [-0.25, -0.2) is 0 Å². The van der Waals surface area contributed by atoms with Gasteiger partial charge in [-0.15, -0.1) is 0 Å². The van der Waals surface area contributed by atoms with Crippen LogP contribution in [0, 0.1) is 0 Å². The summed E-state index contributed by atoms with van der Waals surface area (Å²) in [6, 6.07) is 0. The molecular formula is C4H10BNO3. The number of amides is 1. The highest BCUT2D eigenvalue weighted by atomic mass is 16.4. The van der Waals surface area contributed by atoms with Crippen molar-refractivity contribution in [2.75, 3.05) is 0 Å². The summed E-state index contributed by atoms with van der Waals surface area (Å²) in [6.45, 7) is 2.82. The SMILES string of the molecule is CC(=O)N[C@H](C)B(O)O. The smallest absolute Gasteiger partial charge is 0.426 e. The van der Waals surface area contributed by atoms with E-state index in [4.69, 9.17) is 10.0 Å². The molecule has 0 rings (SSSR count). The number of nitrogens with one attached hydrogen (secondary N) is 1. The molecule has 0 aromatic rings. The summed E-state index contributed by atoms with van der Waals surface area (Å²) < 4.78 is 0. The molecule has 0 spiro atoms. The maximum atomic E-state index is 10.2. The van der Waals surface area contributed by atoms with E-state index in [1.54, 1.807) is 0 Å². The number of carbonyl (C=O) groups excluding carboxylic acids is 1. The molecule has 0 aromatic carbocycles. The Hall–Kier alpha value is -0.545. The molecule has 0 fully saturated rings. The van der Waals surface area contributed by atoms with E-state index in [0.29, 0.717) is 0 Å². The molecule has 0 saturated heterocycles. The first-order valence-corrected chi connectivity index (χ1v) is 2.67. The predicted octanol–water partition coefficient (Wildman–Crippen LogP) is -1.48. The van der Waals surface area contributed by atoms with E-state index < -0.39 is 13.1 Å². The Kier molecular flexibility index (Phi) is 3.26. The Morgan fingerprint density at radius 1 is 1.67 bits per heavy atom. The molecule has 0 heterocycles. The van der Waals surface area contributed by atoms with Crippen LogP contribution < -0.4 is 5.32 Å². The summed E-state index contributed by atoms with van der Waals surface area (Å²) in [5.41, 5.74) is 0. The zero-order valence-electron chi connectivity index (χ0n) is 5.46. The van der Waals surface area contributed by atoms with Gasteiger partial charge in [-0.1, -0.05) is 0 Å². The topological polar surface area (TPSA) is 69.6 Å². The van der Waals surface area contributed by atoms with Crippen LogP contribution in [0.3, 0.4) is 0 Å². The van der Waals surface area contributed by atoms with Gasteiger partial charge in [-0.2, -0.15) is 0 Å². The van der Waals surface area contributed by atoms with Crippen molar-refractivity contribution < 1.29 is 14.8 Å². The van der Waals surface area contributed by atoms with Gasteiger partial charge in [0.05, 0.1) is 5.94 Å². The lowest BCUT2D eigenvalue weighted by Gasteiger charge is -2.09. The van der Waals surface area contributed by atoms with Gasteiger partial charge >= 0.3 is 7.12 Å². The molecule has 52 valence electrons. The zero-order valence-corrected chi connectivity index (χ0v) is 5.46. The molecule has 0 aliphatic rings. The van der Waals surface area contributed by atoms with E-state index in [2.05, 4.69) is 5.32 Å². The standard InChI is InChI=1S/C4H10BNO3/c1-3(5(8)9)6-4(2)7/h3,8-9H,1-2H3,(H,6,7)/t3-/m1/s1. The average Bonchev–Trinajstić information content (AvgIpc) is 1.63. The number of hydrogen-bond donors (Lipinski definition) is 3. The van der Waals surface area contributed by atoms with Crippen LogP contribution in [0.5, 0.6) is 0 Å². The number of carbonyl (C=O) groups is 1. The Bertz CT molecular complexity index is 106. The van der Waals surface area contributed by atoms with Crippen LogP contribution in [-0.4, -0.2) is 29.0 Å². The van der Waals surface area contributed by atoms with Gasteiger partial charge < -0.3 is 15.4 Å². The summed E-state index contributed by atoms with van der Waals surface area (Å²) in [4.78, 5) is 10.2. The van der Waals surface area contributed by atoms with Crippen LogP contribution in [0.1, 0.15) is 13.8 Å². The summed E-state index contributed by atoms with van der Waals surface area (Å²) in [5, 5.41) is 19.1. The van der Waals surface area contributed by atoms with Gasteiger partial charge in [-0.3, -0.25) is 4.79 Å². The predicted molar refractivity (Wildman–Crippen MR) is 33.5 cm³/mol. The molecule has 0 aliphatic heterocycles. The lowest BCUT2D eigenvalue weighted by Crippen LogP contribution is -2.43. The molecular weight excluding hydrogens is 121 g/mol. The molecule has 3 N–H and O–H groups in total. The highest BCUT2D eigenvalue weighted by Crippen LogP contribution is 1.81. The largest absolute Gasteiger partial charge is 0.475 e. The first-order valence-electron chi connectivity index (χ1n) is 2.67. The van der Waals surface area contributed by atoms with Gasteiger partial charge in [0.25, 0.3) is 0 Å². The van der Waals surface area contributed by atoms with Gasteiger partial charge in [0.2, 0.25) is 5.91 Å². The monoisotopic (exact) mass is 131 g/mol. The lowest BCUT2D eigenvalue weighted by atomic mass is 9.81. The zero-order chi connectivity index (χ0) is 7.44. The fraction of sp³-hybridized carbons (Fsp3) is 0.750. The highest BCUT2D eigenvalue weighted by molar-refractivity contribution is 6.43. The lowest BCUT2D eigenvalue weighted by molar-refractivity contribution is -0.119. The van der Waals surface area contributed by atoms with Gasteiger partial charge in [0, 0.05) is 6.92 Å². The number of rotatable bonds is 2. The van der Waals surface area contributed by atoms with Crippen LogP contribution in [0.25, 0.3) is 0 Å². The van der Waals surface area contributed by atoms with Crippen molar-refractivity contribution in [1.29, 1.82) is 0 Å². The summed E-state index contributed by atoms with van der Waals surface area (Å²) in [5.74, 6) is -0.863. The second-order valence-electron chi connectivity index (χ2n) is 1.90. The van der Waals surface area contributed by atoms with E-state index in [1.165, 1.54) is 13.8 Å². The first kappa shape index (κ1) is 8.45. The van der Waals surface area contributed by atoms with Crippen LogP contribution in [-0.2, 0) is 4.79 Å². The highest BCUT2D eigenvalue weighted by Gasteiger charge is 2.17. The van der Waals surface area contributed by atoms with Crippen molar-refractivity contribution in [3.63, 3.8) is 0 Å². The molecule has 0 aliphatic carbocycles. The minimum atomic E-state index is -1.48. The molecule has 0 saturated carbocycles. The average molecular weight is 131 g/mol. The quantitative estimate of drug-likeness (QED) is 0.400. The maximum Gasteiger partial charge on any atom is 0.475 e. The van der Waals surface area contributed by atoms with E-state index in [9.17, 15) is 4.79 Å². The van der Waals surface area contributed by atoms with Gasteiger partial charge in [0.1, 0.15) is 0 Å². The summed E-state index contributed by atoms with van der Waals surface area (Å²) >= 11 is 0. The molecule has 4 nitrogen and oxygen atoms in total. The Morgan fingerprint density at radius 3 is 2.22 bits per heavy atom. The second kappa shape index (κ2) is 3.47. The van der Waals surface area contributed by atoms with Crippen LogP contribution in [0.15, 0.2) is 0 Å². The third-order valence-corrected chi connectivity index (χ3v) is 0.878. The fourth-order valence-electron chi connectivity index (χ4n) is 0.395. The molecule has 1 amide bonds. The van der Waals surface area contributed by atoms with Crippen molar-refractivity contribution in [2.24, 2.45) is 0 Å².